The summed E-state index contributed by atoms with van der Waals surface area (Å²) in [7, 11) is 0. The number of aromatic nitrogens is 2. The van der Waals surface area contributed by atoms with Crippen molar-refractivity contribution in [2.24, 2.45) is 0 Å². The van der Waals surface area contributed by atoms with Gasteiger partial charge in [0.2, 0.25) is 0 Å². The molecule has 0 bridgehead atoms. The number of carboxylic acids is 1. The Kier molecular flexibility index (Phi) is 4.09. The van der Waals surface area contributed by atoms with E-state index in [1.165, 1.54) is 17.8 Å². The fourth-order valence-electron chi connectivity index (χ4n) is 1.66. The molecule has 1 heterocycles. The van der Waals surface area contributed by atoms with E-state index in [4.69, 9.17) is 10.8 Å². The number of thioether (sulfide) groups is 1. The highest BCUT2D eigenvalue weighted by Crippen LogP contribution is 2.22. The van der Waals surface area contributed by atoms with Gasteiger partial charge in [-0.25, -0.2) is 9.78 Å². The van der Waals surface area contributed by atoms with Crippen molar-refractivity contribution in [3.63, 3.8) is 0 Å². The molecule has 1 aromatic carbocycles. The van der Waals surface area contributed by atoms with Crippen LogP contribution in [0.3, 0.4) is 0 Å². The highest BCUT2D eigenvalue weighted by molar-refractivity contribution is 7.98. The van der Waals surface area contributed by atoms with Crippen molar-refractivity contribution in [2.45, 2.75) is 17.8 Å². The number of nitrogens with two attached hydrogens (primary N) is 1. The summed E-state index contributed by atoms with van der Waals surface area (Å²) in [6, 6.07) is 6.15. The summed E-state index contributed by atoms with van der Waals surface area (Å²) in [4.78, 5) is 28.7. The van der Waals surface area contributed by atoms with Gasteiger partial charge in [-0.05, 0) is 30.2 Å². The largest absolute Gasteiger partial charge is 0.478 e. The lowest BCUT2D eigenvalue weighted by Crippen LogP contribution is -2.09. The number of nitrogens with one attached hydrogen (secondary N) is 1. The maximum atomic E-state index is 11.3. The number of hydrogen-bond acceptors (Lipinski definition) is 5. The lowest BCUT2D eigenvalue weighted by Gasteiger charge is -2.06. The number of nitrogen functional groups attached to an aromatic ring is 1. The van der Waals surface area contributed by atoms with Gasteiger partial charge in [0.25, 0.3) is 5.56 Å². The number of anilines is 1. The quantitative estimate of drug-likeness (QED) is 0.583. The second-order valence-corrected chi connectivity index (χ2v) is 5.17. The van der Waals surface area contributed by atoms with E-state index in [0.29, 0.717) is 10.9 Å². The number of hydrogen-bond donors (Lipinski definition) is 3. The minimum Gasteiger partial charge on any atom is -0.478 e. The summed E-state index contributed by atoms with van der Waals surface area (Å²) >= 11 is 1.34. The highest BCUT2D eigenvalue weighted by Gasteiger charge is 2.07. The normalized spacial score (nSPS) is 10.4. The molecule has 2 rings (SSSR count). The molecule has 0 saturated heterocycles. The van der Waals surface area contributed by atoms with E-state index in [1.807, 2.05) is 6.92 Å². The number of H-pyrrole nitrogens is 1. The molecule has 0 fully saturated rings. The highest BCUT2D eigenvalue weighted by atomic mass is 32.2. The molecule has 0 unspecified atom stereocenters. The van der Waals surface area contributed by atoms with Crippen molar-refractivity contribution < 1.29 is 9.90 Å². The Labute approximate surface area is 119 Å². The minimum atomic E-state index is -0.950. The van der Waals surface area contributed by atoms with Crippen LogP contribution >= 0.6 is 11.8 Å². The molecule has 0 saturated carbocycles. The van der Waals surface area contributed by atoms with Crippen LogP contribution in [0.15, 0.2) is 34.2 Å². The van der Waals surface area contributed by atoms with Gasteiger partial charge in [-0.3, -0.25) is 4.79 Å². The SMILES string of the molecule is Cc1cc(C(=O)O)ccc1CSc1nc(N)cc(=O)[nH]1. The van der Waals surface area contributed by atoms with Crippen LogP contribution in [0.1, 0.15) is 21.5 Å². The van der Waals surface area contributed by atoms with Crippen molar-refractivity contribution in [3.8, 4) is 0 Å². The molecule has 0 aliphatic rings. The molecule has 0 aliphatic carbocycles. The maximum absolute atomic E-state index is 11.3. The molecule has 0 spiro atoms. The molecule has 7 heteroatoms. The number of carbonyl (C=O) groups is 1. The first kappa shape index (κ1) is 14.1. The summed E-state index contributed by atoms with van der Waals surface area (Å²) in [5.74, 6) is -0.207. The number of aromatic carboxylic acids is 1. The van der Waals surface area contributed by atoms with Gasteiger partial charge in [0.05, 0.1) is 5.56 Å². The average molecular weight is 291 g/mol. The van der Waals surface area contributed by atoms with Crippen LogP contribution < -0.4 is 11.3 Å². The van der Waals surface area contributed by atoms with Crippen molar-refractivity contribution in [2.75, 3.05) is 5.73 Å². The van der Waals surface area contributed by atoms with Gasteiger partial charge in [0.1, 0.15) is 5.82 Å². The summed E-state index contributed by atoms with van der Waals surface area (Å²) < 4.78 is 0. The summed E-state index contributed by atoms with van der Waals surface area (Å²) in [5, 5.41) is 9.34. The van der Waals surface area contributed by atoms with E-state index < -0.39 is 5.97 Å². The van der Waals surface area contributed by atoms with Gasteiger partial charge in [0, 0.05) is 11.8 Å². The monoisotopic (exact) mass is 291 g/mol. The average Bonchev–Trinajstić information content (AvgIpc) is 2.36. The number of aryl methyl sites for hydroxylation is 1. The van der Waals surface area contributed by atoms with Crippen molar-refractivity contribution in [3.05, 3.63) is 51.3 Å². The standard InChI is InChI=1S/C13H13N3O3S/c1-7-4-8(12(18)19)2-3-9(7)6-20-13-15-10(14)5-11(17)16-13/h2-5H,6H2,1H3,(H,18,19)(H3,14,15,16,17). The van der Waals surface area contributed by atoms with Crippen LogP contribution in [-0.4, -0.2) is 21.0 Å². The zero-order valence-electron chi connectivity index (χ0n) is 10.7. The number of aromatic amines is 1. The molecule has 2 aromatic rings. The Balaban J connectivity index is 2.14. The molecular weight excluding hydrogens is 278 g/mol. The zero-order valence-corrected chi connectivity index (χ0v) is 11.5. The first-order valence-electron chi connectivity index (χ1n) is 5.78. The summed E-state index contributed by atoms with van der Waals surface area (Å²) in [6.45, 7) is 1.85. The van der Waals surface area contributed by atoms with E-state index >= 15 is 0 Å². The third-order valence-electron chi connectivity index (χ3n) is 2.69. The Bertz CT molecular complexity index is 712. The minimum absolute atomic E-state index is 0.175. The van der Waals surface area contributed by atoms with Crippen LogP contribution in [-0.2, 0) is 5.75 Å². The van der Waals surface area contributed by atoms with E-state index in [9.17, 15) is 9.59 Å². The molecule has 1 aromatic heterocycles. The second-order valence-electron chi connectivity index (χ2n) is 4.21. The lowest BCUT2D eigenvalue weighted by molar-refractivity contribution is 0.0697. The van der Waals surface area contributed by atoms with E-state index in [0.717, 1.165) is 11.1 Å². The van der Waals surface area contributed by atoms with E-state index in [2.05, 4.69) is 9.97 Å². The number of carboxylic acid groups (broad SMARTS) is 1. The Morgan fingerprint density at radius 3 is 2.80 bits per heavy atom. The smallest absolute Gasteiger partial charge is 0.335 e. The third-order valence-corrected chi connectivity index (χ3v) is 3.62. The van der Waals surface area contributed by atoms with Crippen molar-refractivity contribution in [1.29, 1.82) is 0 Å². The fourth-order valence-corrected chi connectivity index (χ4v) is 2.62. The van der Waals surface area contributed by atoms with Crippen LogP contribution in [0.2, 0.25) is 0 Å². The van der Waals surface area contributed by atoms with Crippen molar-refractivity contribution >= 4 is 23.5 Å². The molecule has 0 atom stereocenters. The van der Waals surface area contributed by atoms with Gasteiger partial charge in [-0.1, -0.05) is 17.8 Å². The first-order valence-corrected chi connectivity index (χ1v) is 6.77. The molecule has 0 amide bonds. The van der Waals surface area contributed by atoms with Crippen LogP contribution in [0, 0.1) is 6.92 Å². The summed E-state index contributed by atoms with van der Waals surface area (Å²) in [5.41, 5.74) is 7.32. The fraction of sp³-hybridized carbons (Fsp3) is 0.154. The van der Waals surface area contributed by atoms with Gasteiger partial charge >= 0.3 is 5.97 Å². The van der Waals surface area contributed by atoms with E-state index in [1.54, 1.807) is 18.2 Å². The number of benzene rings is 1. The van der Waals surface area contributed by atoms with Gasteiger partial charge in [0.15, 0.2) is 5.16 Å². The lowest BCUT2D eigenvalue weighted by atomic mass is 10.1. The molecule has 0 radical (unpaired) electrons. The van der Waals surface area contributed by atoms with E-state index in [-0.39, 0.29) is 16.9 Å². The van der Waals surface area contributed by atoms with Crippen LogP contribution in [0.4, 0.5) is 5.82 Å². The predicted molar refractivity (Wildman–Crippen MR) is 77.0 cm³/mol. The predicted octanol–water partition coefficient (Wildman–Crippen LogP) is 1.65. The Morgan fingerprint density at radius 2 is 2.20 bits per heavy atom. The maximum Gasteiger partial charge on any atom is 0.335 e. The Morgan fingerprint density at radius 1 is 1.45 bits per heavy atom. The van der Waals surface area contributed by atoms with Gasteiger partial charge in [-0.2, -0.15) is 0 Å². The molecular formula is C13H13N3O3S. The van der Waals surface area contributed by atoms with Crippen LogP contribution in [0.25, 0.3) is 0 Å². The Hall–Kier alpha value is -2.28. The van der Waals surface area contributed by atoms with Crippen molar-refractivity contribution in [1.82, 2.24) is 9.97 Å². The molecule has 0 aliphatic heterocycles. The van der Waals surface area contributed by atoms with Crippen LogP contribution in [0.5, 0.6) is 0 Å². The topological polar surface area (TPSA) is 109 Å². The summed E-state index contributed by atoms with van der Waals surface area (Å²) in [6.07, 6.45) is 0. The molecule has 6 nitrogen and oxygen atoms in total. The molecule has 4 N–H and O–H groups in total. The second kappa shape index (κ2) is 5.79. The first-order chi connectivity index (χ1) is 9.45. The van der Waals surface area contributed by atoms with Gasteiger partial charge < -0.3 is 15.8 Å². The molecule has 20 heavy (non-hydrogen) atoms. The number of rotatable bonds is 4. The zero-order chi connectivity index (χ0) is 14.7. The third kappa shape index (κ3) is 3.39. The number of nitrogens with zero attached hydrogens (tertiary/aromatic N) is 1. The molecule has 104 valence electrons. The van der Waals surface area contributed by atoms with Gasteiger partial charge in [-0.15, -0.1) is 0 Å².